The van der Waals surface area contributed by atoms with Gasteiger partial charge in [0.05, 0.1) is 19.1 Å². The molecule has 1 amide bonds. The summed E-state index contributed by atoms with van der Waals surface area (Å²) in [6, 6.07) is 10.0. The molecule has 2 aromatic rings. The highest BCUT2D eigenvalue weighted by molar-refractivity contribution is 7.89. The molecule has 0 bridgehead atoms. The Morgan fingerprint density at radius 3 is 2.30 bits per heavy atom. The molecule has 0 heterocycles. The van der Waals surface area contributed by atoms with Gasteiger partial charge < -0.3 is 14.8 Å². The van der Waals surface area contributed by atoms with E-state index in [0.29, 0.717) is 30.3 Å². The largest absolute Gasteiger partial charge is 0.493 e. The summed E-state index contributed by atoms with van der Waals surface area (Å²) in [4.78, 5) is 12.6. The van der Waals surface area contributed by atoms with Gasteiger partial charge in [0, 0.05) is 24.9 Å². The molecule has 7 nitrogen and oxygen atoms in total. The van der Waals surface area contributed by atoms with Crippen molar-refractivity contribution in [2.45, 2.75) is 25.7 Å². The second-order valence-electron chi connectivity index (χ2n) is 6.50. The van der Waals surface area contributed by atoms with Gasteiger partial charge in [-0.25, -0.2) is 8.42 Å². The van der Waals surface area contributed by atoms with Crippen molar-refractivity contribution in [1.82, 2.24) is 4.31 Å². The molecule has 0 aliphatic carbocycles. The molecule has 2 aromatic carbocycles. The van der Waals surface area contributed by atoms with Gasteiger partial charge in [0.15, 0.2) is 11.5 Å². The highest BCUT2D eigenvalue weighted by atomic mass is 32.2. The van der Waals surface area contributed by atoms with Crippen LogP contribution in [0.15, 0.2) is 47.4 Å². The number of sulfonamides is 1. The van der Waals surface area contributed by atoms with E-state index in [-0.39, 0.29) is 10.8 Å². The second kappa shape index (κ2) is 10.3. The summed E-state index contributed by atoms with van der Waals surface area (Å²) in [5.74, 6) is 0.788. The third kappa shape index (κ3) is 5.40. The van der Waals surface area contributed by atoms with Gasteiger partial charge in [0.25, 0.3) is 0 Å². The van der Waals surface area contributed by atoms with E-state index >= 15 is 0 Å². The number of hydrogen-bond acceptors (Lipinski definition) is 5. The Hall–Kier alpha value is -2.84. The molecular formula is C22H28N2O5S. The van der Waals surface area contributed by atoms with E-state index < -0.39 is 10.0 Å². The van der Waals surface area contributed by atoms with E-state index in [0.717, 1.165) is 11.1 Å². The fraction of sp³-hybridized carbons (Fsp3) is 0.318. The van der Waals surface area contributed by atoms with Crippen molar-refractivity contribution in [1.29, 1.82) is 0 Å². The van der Waals surface area contributed by atoms with E-state index in [2.05, 4.69) is 5.32 Å². The highest BCUT2D eigenvalue weighted by Gasteiger charge is 2.22. The van der Waals surface area contributed by atoms with Crippen molar-refractivity contribution in [3.8, 4) is 11.5 Å². The minimum absolute atomic E-state index is 0.149. The molecule has 0 aliphatic heterocycles. The maximum absolute atomic E-state index is 12.7. The smallest absolute Gasteiger partial charge is 0.248 e. The Kier molecular flexibility index (Phi) is 8.02. The molecule has 8 heteroatoms. The van der Waals surface area contributed by atoms with E-state index in [1.807, 2.05) is 6.92 Å². The summed E-state index contributed by atoms with van der Waals surface area (Å²) in [5, 5.41) is 2.75. The zero-order valence-corrected chi connectivity index (χ0v) is 18.7. The molecular weight excluding hydrogens is 404 g/mol. The monoisotopic (exact) mass is 432 g/mol. The second-order valence-corrected chi connectivity index (χ2v) is 8.44. The van der Waals surface area contributed by atoms with Crippen LogP contribution in [0.1, 0.15) is 25.0 Å². The van der Waals surface area contributed by atoms with Crippen molar-refractivity contribution in [2.75, 3.05) is 32.6 Å². The molecule has 0 spiro atoms. The number of anilines is 1. The summed E-state index contributed by atoms with van der Waals surface area (Å²) < 4.78 is 37.3. The van der Waals surface area contributed by atoms with Crippen LogP contribution in [0.2, 0.25) is 0 Å². The Balaban J connectivity index is 2.22. The molecule has 0 unspecified atom stereocenters. The van der Waals surface area contributed by atoms with Crippen LogP contribution in [0, 0.1) is 6.92 Å². The summed E-state index contributed by atoms with van der Waals surface area (Å²) in [6.45, 7) is 6.14. The molecule has 0 atom stereocenters. The number of hydrogen-bond donors (Lipinski definition) is 1. The zero-order chi connectivity index (χ0) is 22.3. The number of rotatable bonds is 9. The van der Waals surface area contributed by atoms with Crippen LogP contribution >= 0.6 is 0 Å². The van der Waals surface area contributed by atoms with Crippen LogP contribution in [-0.2, 0) is 14.8 Å². The van der Waals surface area contributed by atoms with E-state index in [1.165, 1.54) is 16.4 Å². The normalized spacial score (nSPS) is 11.7. The first kappa shape index (κ1) is 23.4. The Bertz CT molecular complexity index is 1030. The summed E-state index contributed by atoms with van der Waals surface area (Å²) in [7, 11) is -0.513. The Labute approximate surface area is 178 Å². The number of benzene rings is 2. The average molecular weight is 433 g/mol. The van der Waals surface area contributed by atoms with Gasteiger partial charge in [-0.1, -0.05) is 26.0 Å². The fourth-order valence-electron chi connectivity index (χ4n) is 2.91. The lowest BCUT2D eigenvalue weighted by Gasteiger charge is -2.19. The molecule has 0 saturated carbocycles. The lowest BCUT2D eigenvalue weighted by molar-refractivity contribution is -0.111. The number of nitrogens with one attached hydrogen (secondary N) is 1. The van der Waals surface area contributed by atoms with E-state index in [9.17, 15) is 13.2 Å². The third-order valence-electron chi connectivity index (χ3n) is 4.64. The molecule has 30 heavy (non-hydrogen) atoms. The van der Waals surface area contributed by atoms with Crippen molar-refractivity contribution in [3.63, 3.8) is 0 Å². The lowest BCUT2D eigenvalue weighted by atomic mass is 10.1. The van der Waals surface area contributed by atoms with Gasteiger partial charge in [0.2, 0.25) is 15.9 Å². The van der Waals surface area contributed by atoms with Crippen molar-refractivity contribution in [3.05, 3.63) is 53.6 Å². The zero-order valence-electron chi connectivity index (χ0n) is 17.9. The first-order valence-electron chi connectivity index (χ1n) is 9.58. The summed E-state index contributed by atoms with van der Waals surface area (Å²) >= 11 is 0. The molecule has 2 rings (SSSR count). The topological polar surface area (TPSA) is 84.9 Å². The molecule has 0 radical (unpaired) electrons. The molecule has 0 aliphatic rings. The standard InChI is InChI=1S/C22H28N2O5S/c1-6-24(7-2)30(26,27)18-11-8-16(3)19(15-18)23-22(25)13-10-17-9-12-20(28-4)21(14-17)29-5/h8-15H,6-7H2,1-5H3,(H,23,25). The molecule has 0 saturated heterocycles. The quantitative estimate of drug-likeness (QED) is 0.611. The minimum Gasteiger partial charge on any atom is -0.493 e. The summed E-state index contributed by atoms with van der Waals surface area (Å²) in [6.07, 6.45) is 3.02. The van der Waals surface area contributed by atoms with Crippen LogP contribution in [0.4, 0.5) is 5.69 Å². The van der Waals surface area contributed by atoms with Crippen molar-refractivity contribution in [2.24, 2.45) is 0 Å². The first-order chi connectivity index (χ1) is 14.3. The predicted molar refractivity (Wildman–Crippen MR) is 118 cm³/mol. The number of aryl methyl sites for hydroxylation is 1. The van der Waals surface area contributed by atoms with Gasteiger partial charge in [-0.15, -0.1) is 0 Å². The maximum atomic E-state index is 12.7. The molecule has 0 fully saturated rings. The maximum Gasteiger partial charge on any atom is 0.248 e. The number of ether oxygens (including phenoxy) is 2. The molecule has 162 valence electrons. The Morgan fingerprint density at radius 1 is 1.03 bits per heavy atom. The van der Waals surface area contributed by atoms with E-state index in [1.54, 1.807) is 64.5 Å². The average Bonchev–Trinajstić information content (AvgIpc) is 2.74. The predicted octanol–water partition coefficient (Wildman–Crippen LogP) is 3.69. The molecule has 1 N–H and O–H groups in total. The van der Waals surface area contributed by atoms with Gasteiger partial charge >= 0.3 is 0 Å². The lowest BCUT2D eigenvalue weighted by Crippen LogP contribution is -2.30. The number of amides is 1. The van der Waals surface area contributed by atoms with E-state index in [4.69, 9.17) is 9.47 Å². The van der Waals surface area contributed by atoms with Crippen molar-refractivity contribution < 1.29 is 22.7 Å². The SMILES string of the molecule is CCN(CC)S(=O)(=O)c1ccc(C)c(NC(=O)C=Cc2ccc(OC)c(OC)c2)c1. The van der Waals surface area contributed by atoms with Crippen LogP contribution in [0.25, 0.3) is 6.08 Å². The summed E-state index contributed by atoms with van der Waals surface area (Å²) in [5.41, 5.74) is 1.98. The Morgan fingerprint density at radius 2 is 1.70 bits per heavy atom. The number of methoxy groups -OCH3 is 2. The number of carbonyl (C=O) groups is 1. The van der Waals surface area contributed by atoms with Crippen LogP contribution < -0.4 is 14.8 Å². The fourth-order valence-corrected chi connectivity index (χ4v) is 4.40. The van der Waals surface area contributed by atoms with Gasteiger partial charge in [-0.3, -0.25) is 4.79 Å². The first-order valence-corrected chi connectivity index (χ1v) is 11.0. The third-order valence-corrected chi connectivity index (χ3v) is 6.69. The number of nitrogens with zero attached hydrogens (tertiary/aromatic N) is 1. The highest BCUT2D eigenvalue weighted by Crippen LogP contribution is 2.28. The number of carbonyl (C=O) groups excluding carboxylic acids is 1. The van der Waals surface area contributed by atoms with Crippen molar-refractivity contribution >= 4 is 27.7 Å². The van der Waals surface area contributed by atoms with Gasteiger partial charge in [-0.2, -0.15) is 4.31 Å². The van der Waals surface area contributed by atoms with Crippen LogP contribution in [0.3, 0.4) is 0 Å². The minimum atomic E-state index is -3.61. The van der Waals surface area contributed by atoms with Gasteiger partial charge in [0.1, 0.15) is 0 Å². The van der Waals surface area contributed by atoms with Gasteiger partial charge in [-0.05, 0) is 48.4 Å². The van der Waals surface area contributed by atoms with Crippen LogP contribution in [-0.4, -0.2) is 45.9 Å². The molecule has 0 aromatic heterocycles. The van der Waals surface area contributed by atoms with Crippen LogP contribution in [0.5, 0.6) is 11.5 Å².